The van der Waals surface area contributed by atoms with E-state index in [-0.39, 0.29) is 18.8 Å². The number of nitrogens with zero attached hydrogens (tertiary/aromatic N) is 5. The highest BCUT2D eigenvalue weighted by Crippen LogP contribution is 2.22. The van der Waals surface area contributed by atoms with E-state index in [1.807, 2.05) is 12.4 Å². The Balaban J connectivity index is 1.59. The number of aliphatic hydroxyl groups is 1. The summed E-state index contributed by atoms with van der Waals surface area (Å²) >= 11 is 0. The number of rotatable bonds is 5. The molecular weight excluding hydrogens is 294 g/mol. The van der Waals surface area contributed by atoms with Gasteiger partial charge in [0, 0.05) is 70.4 Å². The van der Waals surface area contributed by atoms with Crippen LogP contribution in [0.25, 0.3) is 0 Å². The molecule has 3 heterocycles. The first-order valence-electron chi connectivity index (χ1n) is 8.31. The minimum absolute atomic E-state index is 0.164. The molecule has 7 nitrogen and oxygen atoms in total. The van der Waals surface area contributed by atoms with Crippen LogP contribution < -0.4 is 4.90 Å². The summed E-state index contributed by atoms with van der Waals surface area (Å²) in [5.41, 5.74) is 1.08. The van der Waals surface area contributed by atoms with Crippen LogP contribution in [0.15, 0.2) is 12.4 Å². The first kappa shape index (κ1) is 16.6. The van der Waals surface area contributed by atoms with Gasteiger partial charge in [0.15, 0.2) is 0 Å². The maximum absolute atomic E-state index is 9.52. The zero-order chi connectivity index (χ0) is 16.2. The van der Waals surface area contributed by atoms with Crippen molar-refractivity contribution >= 4 is 5.95 Å². The summed E-state index contributed by atoms with van der Waals surface area (Å²) in [6.07, 6.45) is 4.91. The van der Waals surface area contributed by atoms with Gasteiger partial charge in [-0.1, -0.05) is 0 Å². The molecule has 0 aromatic carbocycles. The van der Waals surface area contributed by atoms with Crippen molar-refractivity contribution in [1.82, 2.24) is 19.8 Å². The van der Waals surface area contributed by atoms with Crippen LogP contribution in [0.5, 0.6) is 0 Å². The van der Waals surface area contributed by atoms with Crippen LogP contribution in [0.4, 0.5) is 5.95 Å². The monoisotopic (exact) mass is 321 g/mol. The molecule has 0 bridgehead atoms. The number of ether oxygens (including phenoxy) is 1. The second kappa shape index (κ2) is 7.53. The summed E-state index contributed by atoms with van der Waals surface area (Å²) < 4.78 is 5.42. The Kier molecular flexibility index (Phi) is 5.42. The summed E-state index contributed by atoms with van der Waals surface area (Å²) in [7, 11) is 3.87. The molecule has 0 aliphatic carbocycles. The summed E-state index contributed by atoms with van der Waals surface area (Å²) in [6.45, 7) is 5.83. The Morgan fingerprint density at radius 2 is 1.91 bits per heavy atom. The van der Waals surface area contributed by atoms with Crippen molar-refractivity contribution < 1.29 is 9.84 Å². The zero-order valence-corrected chi connectivity index (χ0v) is 14.1. The standard InChI is InChI=1S/C16H27N5O2/c1-19-3-5-20(6-4-19)16-17-8-13(9-18-16)10-21-11-15(23-2)7-14(21)12-22/h8-9,14-15,22H,3-7,10-12H2,1-2H3/t14-,15+/m0/s1. The summed E-state index contributed by atoms with van der Waals surface area (Å²) in [6, 6.07) is 0.164. The maximum atomic E-state index is 9.52. The number of piperazine rings is 1. The van der Waals surface area contributed by atoms with Crippen molar-refractivity contribution in [3.63, 3.8) is 0 Å². The van der Waals surface area contributed by atoms with Crippen LogP contribution >= 0.6 is 0 Å². The number of likely N-dealkylation sites (tertiary alicyclic amines) is 1. The third kappa shape index (κ3) is 3.98. The lowest BCUT2D eigenvalue weighted by atomic mass is 10.2. The number of hydrogen-bond donors (Lipinski definition) is 1. The third-order valence-corrected chi connectivity index (χ3v) is 4.90. The maximum Gasteiger partial charge on any atom is 0.225 e. The van der Waals surface area contributed by atoms with E-state index >= 15 is 0 Å². The molecule has 23 heavy (non-hydrogen) atoms. The van der Waals surface area contributed by atoms with Gasteiger partial charge in [0.25, 0.3) is 0 Å². The number of hydrogen-bond acceptors (Lipinski definition) is 7. The smallest absolute Gasteiger partial charge is 0.225 e. The van der Waals surface area contributed by atoms with Crippen LogP contribution in [0.1, 0.15) is 12.0 Å². The van der Waals surface area contributed by atoms with Crippen LogP contribution in [0, 0.1) is 0 Å². The predicted molar refractivity (Wildman–Crippen MR) is 88.4 cm³/mol. The fraction of sp³-hybridized carbons (Fsp3) is 0.750. The molecule has 2 saturated heterocycles. The number of aromatic nitrogens is 2. The second-order valence-electron chi connectivity index (χ2n) is 6.54. The van der Waals surface area contributed by atoms with Crippen molar-refractivity contribution in [3.8, 4) is 0 Å². The molecule has 0 saturated carbocycles. The second-order valence-corrected chi connectivity index (χ2v) is 6.54. The van der Waals surface area contributed by atoms with Gasteiger partial charge in [-0.15, -0.1) is 0 Å². The summed E-state index contributed by atoms with van der Waals surface area (Å²) in [5, 5.41) is 9.52. The van der Waals surface area contributed by atoms with E-state index in [9.17, 15) is 5.11 Å². The molecule has 2 atom stereocenters. The third-order valence-electron chi connectivity index (χ3n) is 4.90. The van der Waals surface area contributed by atoms with Crippen molar-refractivity contribution in [3.05, 3.63) is 18.0 Å². The number of methoxy groups -OCH3 is 1. The highest BCUT2D eigenvalue weighted by Gasteiger charge is 2.31. The summed E-state index contributed by atoms with van der Waals surface area (Å²) in [4.78, 5) is 15.9. The van der Waals surface area contributed by atoms with Gasteiger partial charge in [0.05, 0.1) is 12.7 Å². The Morgan fingerprint density at radius 3 is 2.52 bits per heavy atom. The van der Waals surface area contributed by atoms with E-state index in [2.05, 4.69) is 31.7 Å². The molecule has 2 aliphatic rings. The fourth-order valence-corrected chi connectivity index (χ4v) is 3.33. The molecule has 128 valence electrons. The fourth-order valence-electron chi connectivity index (χ4n) is 3.33. The molecule has 1 N–H and O–H groups in total. The highest BCUT2D eigenvalue weighted by atomic mass is 16.5. The topological polar surface area (TPSA) is 65.0 Å². The zero-order valence-electron chi connectivity index (χ0n) is 14.1. The number of aliphatic hydroxyl groups excluding tert-OH is 1. The molecule has 7 heteroatoms. The van der Waals surface area contributed by atoms with Crippen molar-refractivity contribution in [2.45, 2.75) is 25.1 Å². The first-order valence-corrected chi connectivity index (χ1v) is 8.31. The van der Waals surface area contributed by atoms with E-state index in [4.69, 9.17) is 4.74 Å². The highest BCUT2D eigenvalue weighted by molar-refractivity contribution is 5.30. The van der Waals surface area contributed by atoms with Crippen molar-refractivity contribution in [2.24, 2.45) is 0 Å². The van der Waals surface area contributed by atoms with Gasteiger partial charge < -0.3 is 19.6 Å². The minimum Gasteiger partial charge on any atom is -0.395 e. The Morgan fingerprint density at radius 1 is 1.22 bits per heavy atom. The Bertz CT molecular complexity index is 490. The van der Waals surface area contributed by atoms with E-state index < -0.39 is 0 Å². The minimum atomic E-state index is 0.164. The summed E-state index contributed by atoms with van der Waals surface area (Å²) in [5.74, 6) is 0.816. The van der Waals surface area contributed by atoms with Gasteiger partial charge >= 0.3 is 0 Å². The van der Waals surface area contributed by atoms with E-state index in [0.717, 1.165) is 57.2 Å². The molecule has 1 aromatic heterocycles. The Hall–Kier alpha value is -1.28. The number of likely N-dealkylation sites (N-methyl/N-ethyl adjacent to an activating group) is 1. The van der Waals surface area contributed by atoms with Crippen molar-refractivity contribution in [1.29, 1.82) is 0 Å². The predicted octanol–water partition coefficient (Wildman–Crippen LogP) is -0.190. The van der Waals surface area contributed by atoms with Gasteiger partial charge in [-0.3, -0.25) is 4.90 Å². The lowest BCUT2D eigenvalue weighted by Crippen LogP contribution is -2.45. The van der Waals surface area contributed by atoms with Gasteiger partial charge in [-0.25, -0.2) is 9.97 Å². The molecule has 2 aliphatic heterocycles. The molecule has 3 rings (SSSR count). The van der Waals surface area contributed by atoms with Gasteiger partial charge in [-0.05, 0) is 13.5 Å². The van der Waals surface area contributed by atoms with E-state index in [0.29, 0.717) is 0 Å². The molecule has 0 radical (unpaired) electrons. The lowest BCUT2D eigenvalue weighted by Gasteiger charge is -2.32. The normalized spacial score (nSPS) is 26.8. The lowest BCUT2D eigenvalue weighted by molar-refractivity contribution is 0.107. The van der Waals surface area contributed by atoms with Crippen LogP contribution in [0.3, 0.4) is 0 Å². The average Bonchev–Trinajstić information content (AvgIpc) is 2.98. The van der Waals surface area contributed by atoms with Gasteiger partial charge in [-0.2, -0.15) is 0 Å². The van der Waals surface area contributed by atoms with Gasteiger partial charge in [0.2, 0.25) is 5.95 Å². The molecule has 1 aromatic rings. The van der Waals surface area contributed by atoms with Crippen molar-refractivity contribution in [2.75, 3.05) is 58.4 Å². The van der Waals surface area contributed by atoms with Gasteiger partial charge in [0.1, 0.15) is 0 Å². The molecule has 0 unspecified atom stereocenters. The average molecular weight is 321 g/mol. The first-order chi connectivity index (χ1) is 11.2. The SMILES string of the molecule is CO[C@@H]1C[C@@H](CO)N(Cc2cnc(N3CCN(C)CC3)nc2)C1. The molecular formula is C16H27N5O2. The molecule has 0 amide bonds. The van der Waals surface area contributed by atoms with E-state index in [1.165, 1.54) is 0 Å². The number of anilines is 1. The molecule has 2 fully saturated rings. The van der Waals surface area contributed by atoms with E-state index in [1.54, 1.807) is 7.11 Å². The Labute approximate surface area is 137 Å². The molecule has 0 spiro atoms. The van der Waals surface area contributed by atoms with Crippen LogP contribution in [0.2, 0.25) is 0 Å². The quantitative estimate of drug-likeness (QED) is 0.806. The van der Waals surface area contributed by atoms with Crippen LogP contribution in [-0.2, 0) is 11.3 Å². The largest absolute Gasteiger partial charge is 0.395 e. The van der Waals surface area contributed by atoms with Crippen LogP contribution in [-0.4, -0.2) is 90.5 Å².